The Kier molecular flexibility index (Phi) is 5.11. The number of rotatable bonds is 5. The van der Waals surface area contributed by atoms with Crippen LogP contribution < -0.4 is 10.6 Å². The second-order valence-electron chi connectivity index (χ2n) is 4.25. The molecule has 5 nitrogen and oxygen atoms in total. The standard InChI is InChI=1S/C11H20N2O3S/c1-3-11(4-2,9(14)15)13-10(16)12-8-5-6-17-7-8/h8H,3-7H2,1-2H3,(H,14,15)(H2,12,13,16). The van der Waals surface area contributed by atoms with Crippen LogP contribution in [0.5, 0.6) is 0 Å². The number of carboxylic acids is 1. The van der Waals surface area contributed by atoms with Crippen molar-refractivity contribution in [2.45, 2.75) is 44.7 Å². The van der Waals surface area contributed by atoms with Crippen molar-refractivity contribution in [2.24, 2.45) is 0 Å². The van der Waals surface area contributed by atoms with Crippen LogP contribution in [0.2, 0.25) is 0 Å². The van der Waals surface area contributed by atoms with Gasteiger partial charge in [-0.1, -0.05) is 13.8 Å². The Morgan fingerprint density at radius 2 is 2.06 bits per heavy atom. The highest BCUT2D eigenvalue weighted by Crippen LogP contribution is 2.18. The highest BCUT2D eigenvalue weighted by Gasteiger charge is 2.36. The van der Waals surface area contributed by atoms with E-state index in [1.54, 1.807) is 25.6 Å². The molecule has 1 rings (SSSR count). The highest BCUT2D eigenvalue weighted by molar-refractivity contribution is 7.99. The third kappa shape index (κ3) is 3.52. The van der Waals surface area contributed by atoms with E-state index in [-0.39, 0.29) is 12.1 Å². The van der Waals surface area contributed by atoms with Crippen LogP contribution in [0.3, 0.4) is 0 Å². The molecular weight excluding hydrogens is 240 g/mol. The summed E-state index contributed by atoms with van der Waals surface area (Å²) in [7, 11) is 0. The van der Waals surface area contributed by atoms with Gasteiger partial charge in [0.05, 0.1) is 0 Å². The molecule has 0 aromatic rings. The average molecular weight is 260 g/mol. The molecule has 1 unspecified atom stereocenters. The summed E-state index contributed by atoms with van der Waals surface area (Å²) in [6.07, 6.45) is 1.72. The van der Waals surface area contributed by atoms with Gasteiger partial charge >= 0.3 is 12.0 Å². The fourth-order valence-corrected chi connectivity index (χ4v) is 3.02. The van der Waals surface area contributed by atoms with Crippen molar-refractivity contribution < 1.29 is 14.7 Å². The van der Waals surface area contributed by atoms with Gasteiger partial charge in [0.15, 0.2) is 0 Å². The molecule has 0 spiro atoms. The summed E-state index contributed by atoms with van der Waals surface area (Å²) in [5, 5.41) is 14.6. The van der Waals surface area contributed by atoms with E-state index in [1.165, 1.54) is 0 Å². The minimum Gasteiger partial charge on any atom is -0.480 e. The van der Waals surface area contributed by atoms with Gasteiger partial charge in [0.2, 0.25) is 0 Å². The van der Waals surface area contributed by atoms with Crippen molar-refractivity contribution in [3.8, 4) is 0 Å². The van der Waals surface area contributed by atoms with Gasteiger partial charge in [-0.25, -0.2) is 9.59 Å². The Morgan fingerprint density at radius 1 is 1.41 bits per heavy atom. The molecule has 1 fully saturated rings. The second kappa shape index (κ2) is 6.14. The van der Waals surface area contributed by atoms with E-state index >= 15 is 0 Å². The topological polar surface area (TPSA) is 78.4 Å². The maximum absolute atomic E-state index is 11.7. The Bertz CT molecular complexity index is 286. The summed E-state index contributed by atoms with van der Waals surface area (Å²) in [5.74, 6) is 0.987. The van der Waals surface area contributed by atoms with Crippen molar-refractivity contribution >= 4 is 23.8 Å². The number of hydrogen-bond acceptors (Lipinski definition) is 3. The summed E-state index contributed by atoms with van der Waals surface area (Å²) in [5.41, 5.74) is -1.14. The number of nitrogens with one attached hydrogen (secondary N) is 2. The molecule has 0 aromatic carbocycles. The Hall–Kier alpha value is -0.910. The molecule has 1 heterocycles. The van der Waals surface area contributed by atoms with Gasteiger partial charge in [-0.2, -0.15) is 11.8 Å². The van der Waals surface area contributed by atoms with Crippen LogP contribution >= 0.6 is 11.8 Å². The van der Waals surface area contributed by atoms with E-state index in [1.807, 2.05) is 0 Å². The first-order valence-corrected chi connectivity index (χ1v) is 7.09. The average Bonchev–Trinajstić information content (AvgIpc) is 2.78. The maximum atomic E-state index is 11.7. The van der Waals surface area contributed by atoms with Crippen molar-refractivity contribution in [3.63, 3.8) is 0 Å². The third-order valence-electron chi connectivity index (χ3n) is 3.23. The summed E-state index contributed by atoms with van der Waals surface area (Å²) in [6.45, 7) is 3.53. The molecule has 0 radical (unpaired) electrons. The van der Waals surface area contributed by atoms with Gasteiger partial charge in [0.1, 0.15) is 5.54 Å². The lowest BCUT2D eigenvalue weighted by Gasteiger charge is -2.28. The fourth-order valence-electron chi connectivity index (χ4n) is 1.87. The molecule has 1 aliphatic rings. The number of carboxylic acid groups (broad SMARTS) is 1. The molecule has 98 valence electrons. The zero-order valence-corrected chi connectivity index (χ0v) is 11.1. The number of urea groups is 1. The molecular formula is C11H20N2O3S. The smallest absolute Gasteiger partial charge is 0.329 e. The molecule has 6 heteroatoms. The molecule has 0 saturated carbocycles. The third-order valence-corrected chi connectivity index (χ3v) is 4.40. The molecule has 3 N–H and O–H groups in total. The minimum atomic E-state index is -1.14. The normalized spacial score (nSPS) is 20.0. The summed E-state index contributed by atoms with van der Waals surface area (Å²) < 4.78 is 0. The molecule has 1 aliphatic heterocycles. The number of carbonyl (C=O) groups is 2. The van der Waals surface area contributed by atoms with Crippen LogP contribution in [-0.2, 0) is 4.79 Å². The largest absolute Gasteiger partial charge is 0.480 e. The predicted molar refractivity (Wildman–Crippen MR) is 68.3 cm³/mol. The Labute approximate surface area is 106 Å². The van der Waals surface area contributed by atoms with E-state index in [2.05, 4.69) is 10.6 Å². The maximum Gasteiger partial charge on any atom is 0.329 e. The second-order valence-corrected chi connectivity index (χ2v) is 5.40. The van der Waals surface area contributed by atoms with Crippen molar-refractivity contribution in [3.05, 3.63) is 0 Å². The number of hydrogen-bond donors (Lipinski definition) is 3. The predicted octanol–water partition coefficient (Wildman–Crippen LogP) is 1.43. The fraction of sp³-hybridized carbons (Fsp3) is 0.818. The van der Waals surface area contributed by atoms with E-state index in [0.29, 0.717) is 12.8 Å². The number of carbonyl (C=O) groups excluding carboxylic acids is 1. The highest BCUT2D eigenvalue weighted by atomic mass is 32.2. The van der Waals surface area contributed by atoms with Gasteiger partial charge in [-0.15, -0.1) is 0 Å². The number of aliphatic carboxylic acids is 1. The van der Waals surface area contributed by atoms with Gasteiger partial charge in [0.25, 0.3) is 0 Å². The zero-order chi connectivity index (χ0) is 12.9. The van der Waals surface area contributed by atoms with E-state index in [4.69, 9.17) is 0 Å². The lowest BCUT2D eigenvalue weighted by atomic mass is 9.93. The van der Waals surface area contributed by atoms with Gasteiger partial charge in [-0.3, -0.25) is 0 Å². The monoisotopic (exact) mass is 260 g/mol. The minimum absolute atomic E-state index is 0.167. The quantitative estimate of drug-likeness (QED) is 0.699. The van der Waals surface area contributed by atoms with Gasteiger partial charge < -0.3 is 15.7 Å². The van der Waals surface area contributed by atoms with Crippen LogP contribution in [0.4, 0.5) is 4.79 Å². The zero-order valence-electron chi connectivity index (χ0n) is 10.3. The number of amides is 2. The van der Waals surface area contributed by atoms with E-state index < -0.39 is 11.5 Å². The van der Waals surface area contributed by atoms with Crippen molar-refractivity contribution in [1.29, 1.82) is 0 Å². The first kappa shape index (κ1) is 14.2. The molecule has 1 atom stereocenters. The summed E-state index contributed by atoms with van der Waals surface area (Å²) in [6, 6.07) is -0.205. The summed E-state index contributed by atoms with van der Waals surface area (Å²) in [4.78, 5) is 23.0. The lowest BCUT2D eigenvalue weighted by molar-refractivity contribution is -0.144. The molecule has 0 bridgehead atoms. The SMILES string of the molecule is CCC(CC)(NC(=O)NC1CCSC1)C(=O)O. The van der Waals surface area contributed by atoms with Gasteiger partial charge in [-0.05, 0) is 25.0 Å². The molecule has 0 aromatic heterocycles. The van der Waals surface area contributed by atoms with E-state index in [9.17, 15) is 14.7 Å². The lowest BCUT2D eigenvalue weighted by Crippen LogP contribution is -2.57. The van der Waals surface area contributed by atoms with Crippen LogP contribution in [-0.4, -0.2) is 40.2 Å². The first-order valence-electron chi connectivity index (χ1n) is 5.94. The Balaban J connectivity index is 2.54. The molecule has 2 amide bonds. The van der Waals surface area contributed by atoms with Crippen LogP contribution in [0.25, 0.3) is 0 Å². The van der Waals surface area contributed by atoms with Gasteiger partial charge in [0, 0.05) is 11.8 Å². The number of thioether (sulfide) groups is 1. The molecule has 0 aliphatic carbocycles. The van der Waals surface area contributed by atoms with Crippen LogP contribution in [0.1, 0.15) is 33.1 Å². The molecule has 1 saturated heterocycles. The van der Waals surface area contributed by atoms with Crippen LogP contribution in [0, 0.1) is 0 Å². The van der Waals surface area contributed by atoms with Crippen molar-refractivity contribution in [2.75, 3.05) is 11.5 Å². The molecule has 17 heavy (non-hydrogen) atoms. The van der Waals surface area contributed by atoms with Crippen molar-refractivity contribution in [1.82, 2.24) is 10.6 Å². The van der Waals surface area contributed by atoms with E-state index in [0.717, 1.165) is 17.9 Å². The Morgan fingerprint density at radius 3 is 2.47 bits per heavy atom. The summed E-state index contributed by atoms with van der Waals surface area (Å²) >= 11 is 1.80. The first-order chi connectivity index (χ1) is 8.04. The van der Waals surface area contributed by atoms with Crippen LogP contribution in [0.15, 0.2) is 0 Å².